The van der Waals surface area contributed by atoms with Crippen LogP contribution in [0.2, 0.25) is 0 Å². The Morgan fingerprint density at radius 1 is 1.27 bits per heavy atom. The van der Waals surface area contributed by atoms with E-state index in [1.165, 1.54) is 18.5 Å². The maximum Gasteiger partial charge on any atom is 0.271 e. The molecule has 5 rings (SSSR count). The van der Waals surface area contributed by atoms with Gasteiger partial charge in [0, 0.05) is 40.7 Å². The van der Waals surface area contributed by atoms with Gasteiger partial charge in [-0.25, -0.2) is 4.39 Å². The lowest BCUT2D eigenvalue weighted by atomic mass is 9.89. The van der Waals surface area contributed by atoms with Crippen molar-refractivity contribution in [2.45, 2.75) is 32.7 Å². The fourth-order valence-corrected chi connectivity index (χ4v) is 5.04. The lowest BCUT2D eigenvalue weighted by Crippen LogP contribution is -2.38. The maximum absolute atomic E-state index is 14.9. The summed E-state index contributed by atoms with van der Waals surface area (Å²) < 4.78 is 17.5. The number of ketones is 1. The number of Topliss-reactive ketones (excluding diaryl/α,β-unsaturated/α-hetero) is 1. The van der Waals surface area contributed by atoms with Crippen LogP contribution in [-0.2, 0) is 0 Å². The van der Waals surface area contributed by atoms with Crippen molar-refractivity contribution in [3.63, 3.8) is 0 Å². The molecule has 1 unspecified atom stereocenters. The second-order valence-corrected chi connectivity index (χ2v) is 8.62. The smallest absolute Gasteiger partial charge is 0.271 e. The zero-order chi connectivity index (χ0) is 21.0. The van der Waals surface area contributed by atoms with Crippen molar-refractivity contribution in [3.8, 4) is 0 Å². The fraction of sp³-hybridized carbons (Fsp3) is 0.261. The van der Waals surface area contributed by atoms with E-state index in [1.54, 1.807) is 25.4 Å². The van der Waals surface area contributed by atoms with Crippen molar-refractivity contribution < 1.29 is 9.18 Å². The number of halogens is 1. The summed E-state index contributed by atoms with van der Waals surface area (Å²) in [7, 11) is 0. The Bertz CT molecular complexity index is 1290. The maximum atomic E-state index is 14.9. The van der Waals surface area contributed by atoms with Gasteiger partial charge in [-0.05, 0) is 49.7 Å². The molecule has 7 heteroatoms. The Balaban J connectivity index is 1.72. The molecule has 0 amide bonds. The third-order valence-corrected chi connectivity index (χ3v) is 6.68. The van der Waals surface area contributed by atoms with Crippen molar-refractivity contribution in [1.82, 2.24) is 9.36 Å². The van der Waals surface area contributed by atoms with E-state index in [0.717, 1.165) is 29.3 Å². The van der Waals surface area contributed by atoms with Gasteiger partial charge in [0.25, 0.3) is 5.56 Å². The minimum Gasteiger partial charge on any atom is -0.331 e. The Morgan fingerprint density at radius 3 is 2.77 bits per heavy atom. The number of nitrogens with zero attached hydrogens (tertiary/aromatic N) is 2. The van der Waals surface area contributed by atoms with Crippen molar-refractivity contribution in [2.75, 3.05) is 4.90 Å². The van der Waals surface area contributed by atoms with E-state index in [4.69, 9.17) is 0 Å². The Labute approximate surface area is 176 Å². The monoisotopic (exact) mass is 421 g/mol. The molecule has 3 heterocycles. The summed E-state index contributed by atoms with van der Waals surface area (Å²) in [6.07, 6.45) is 7.14. The van der Waals surface area contributed by atoms with Gasteiger partial charge in [0.05, 0.1) is 5.92 Å². The van der Waals surface area contributed by atoms with Crippen LogP contribution in [0.25, 0.3) is 16.3 Å². The van der Waals surface area contributed by atoms with Crippen LogP contribution in [0.4, 0.5) is 9.39 Å². The van der Waals surface area contributed by atoms with Crippen molar-refractivity contribution >= 4 is 38.7 Å². The summed E-state index contributed by atoms with van der Waals surface area (Å²) in [5.41, 5.74) is 1.71. The highest BCUT2D eigenvalue weighted by molar-refractivity contribution is 7.10. The molecule has 1 fully saturated rings. The molecule has 1 saturated carbocycles. The van der Waals surface area contributed by atoms with Crippen LogP contribution in [0.15, 0.2) is 59.1 Å². The molecule has 30 heavy (non-hydrogen) atoms. The standard InChI is InChI=1S/C23H20FN3O2S/c1-12-19(27(15-7-8-15)23-20(21(12)28)22(29)26-30-23)9-17(13(2)24)18-11-25-10-14-5-3-4-6-16(14)18/h3-6,9-12,15H,7-8H2,1-2H3,(H,26,29)/b17-13-,19-9+. The van der Waals surface area contributed by atoms with Crippen molar-refractivity contribution in [1.29, 1.82) is 0 Å². The number of rotatable bonds is 3. The van der Waals surface area contributed by atoms with E-state index in [1.807, 2.05) is 24.3 Å². The number of benzene rings is 1. The Morgan fingerprint density at radius 2 is 2.03 bits per heavy atom. The summed E-state index contributed by atoms with van der Waals surface area (Å²) in [5, 5.41) is 2.46. The molecular weight excluding hydrogens is 401 g/mol. The minimum atomic E-state index is -0.536. The predicted octanol–water partition coefficient (Wildman–Crippen LogP) is 5.07. The summed E-state index contributed by atoms with van der Waals surface area (Å²) >= 11 is 1.18. The van der Waals surface area contributed by atoms with E-state index in [9.17, 15) is 14.0 Å². The highest BCUT2D eigenvalue weighted by Gasteiger charge is 2.43. The summed E-state index contributed by atoms with van der Waals surface area (Å²) in [5.74, 6) is -1.10. The highest BCUT2D eigenvalue weighted by Crippen LogP contribution is 2.45. The third kappa shape index (κ3) is 2.92. The van der Waals surface area contributed by atoms with Gasteiger partial charge in [0.1, 0.15) is 16.4 Å². The number of H-pyrrole nitrogens is 1. The van der Waals surface area contributed by atoms with E-state index in [0.29, 0.717) is 16.1 Å². The van der Waals surface area contributed by atoms with Gasteiger partial charge in [-0.1, -0.05) is 24.3 Å². The summed E-state index contributed by atoms with van der Waals surface area (Å²) in [6.45, 7) is 3.21. The molecule has 2 aliphatic rings. The van der Waals surface area contributed by atoms with Gasteiger partial charge in [0.2, 0.25) is 0 Å². The molecule has 5 nitrogen and oxygen atoms in total. The highest BCUT2D eigenvalue weighted by atomic mass is 32.1. The average Bonchev–Trinajstić information content (AvgIpc) is 3.50. The van der Waals surface area contributed by atoms with Crippen molar-refractivity contribution in [2.24, 2.45) is 5.92 Å². The zero-order valence-electron chi connectivity index (χ0n) is 16.6. The normalized spacial score (nSPS) is 21.2. The fourth-order valence-electron chi connectivity index (χ4n) is 4.10. The average molecular weight is 421 g/mol. The minimum absolute atomic E-state index is 0.220. The van der Waals surface area contributed by atoms with E-state index in [-0.39, 0.29) is 28.8 Å². The topological polar surface area (TPSA) is 66.1 Å². The van der Waals surface area contributed by atoms with Crippen LogP contribution in [0.3, 0.4) is 0 Å². The Hall–Kier alpha value is -3.06. The van der Waals surface area contributed by atoms with Gasteiger partial charge in [-0.15, -0.1) is 0 Å². The van der Waals surface area contributed by atoms with Crippen LogP contribution in [0.1, 0.15) is 42.6 Å². The van der Waals surface area contributed by atoms with E-state index >= 15 is 0 Å². The van der Waals surface area contributed by atoms with Gasteiger partial charge in [-0.3, -0.25) is 18.9 Å². The number of anilines is 1. The second-order valence-electron chi connectivity index (χ2n) is 7.83. The number of aromatic nitrogens is 2. The molecular formula is C23H20FN3O2S. The molecule has 0 spiro atoms. The van der Waals surface area contributed by atoms with Gasteiger partial charge in [0.15, 0.2) is 5.78 Å². The second kappa shape index (κ2) is 7.02. The lowest BCUT2D eigenvalue weighted by molar-refractivity contribution is 0.0941. The van der Waals surface area contributed by atoms with Crippen LogP contribution in [0.5, 0.6) is 0 Å². The molecule has 0 radical (unpaired) electrons. The zero-order valence-corrected chi connectivity index (χ0v) is 17.4. The first-order valence-corrected chi connectivity index (χ1v) is 10.7. The largest absolute Gasteiger partial charge is 0.331 e. The van der Waals surface area contributed by atoms with E-state index in [2.05, 4.69) is 14.3 Å². The quantitative estimate of drug-likeness (QED) is 0.641. The van der Waals surface area contributed by atoms with Crippen LogP contribution in [-0.4, -0.2) is 21.2 Å². The lowest BCUT2D eigenvalue weighted by Gasteiger charge is -2.34. The number of nitrogens with one attached hydrogen (secondary N) is 1. The number of fused-ring (bicyclic) bond motifs is 2. The molecule has 0 bridgehead atoms. The van der Waals surface area contributed by atoms with Crippen LogP contribution in [0, 0.1) is 5.92 Å². The molecule has 1 aromatic carbocycles. The molecule has 152 valence electrons. The summed E-state index contributed by atoms with van der Waals surface area (Å²) in [4.78, 5) is 31.6. The molecule has 1 aliphatic carbocycles. The number of aromatic amines is 1. The van der Waals surface area contributed by atoms with Crippen LogP contribution >= 0.6 is 11.5 Å². The number of allylic oxidation sites excluding steroid dienone is 4. The number of hydrogen-bond donors (Lipinski definition) is 1. The van der Waals surface area contributed by atoms with Gasteiger partial charge < -0.3 is 4.90 Å². The number of pyridine rings is 1. The number of hydrogen-bond acceptors (Lipinski definition) is 5. The van der Waals surface area contributed by atoms with Gasteiger partial charge in [-0.2, -0.15) is 0 Å². The van der Waals surface area contributed by atoms with E-state index < -0.39 is 5.92 Å². The predicted molar refractivity (Wildman–Crippen MR) is 117 cm³/mol. The first-order valence-electron chi connectivity index (χ1n) is 9.93. The van der Waals surface area contributed by atoms with Crippen LogP contribution < -0.4 is 10.5 Å². The molecule has 0 saturated heterocycles. The SMILES string of the molecule is C/C(F)=C(\C=C1/C(C)C(=O)c2c(s[nH]c2=O)N1C1CC1)c1cncc2ccccc12. The molecule has 1 N–H and O–H groups in total. The molecule has 1 atom stereocenters. The molecule has 3 aromatic rings. The number of carbonyl (C=O) groups excluding carboxylic acids is 1. The first-order chi connectivity index (χ1) is 14.5. The van der Waals surface area contributed by atoms with Gasteiger partial charge >= 0.3 is 0 Å². The Kier molecular flexibility index (Phi) is 4.43. The van der Waals surface area contributed by atoms with Crippen molar-refractivity contribution in [3.05, 3.63) is 75.7 Å². The summed E-state index contributed by atoms with van der Waals surface area (Å²) in [6, 6.07) is 7.94. The number of carbonyl (C=O) groups is 1. The first kappa shape index (κ1) is 18.9. The molecule has 1 aliphatic heterocycles. The molecule has 2 aromatic heterocycles. The third-order valence-electron chi connectivity index (χ3n) is 5.80.